The molecule has 6 nitrogen and oxygen atoms in total. The van der Waals surface area contributed by atoms with Crippen molar-refractivity contribution < 1.29 is 13.2 Å². The van der Waals surface area contributed by atoms with Gasteiger partial charge >= 0.3 is 0 Å². The molecular formula is C11H13N3O3S3. The predicted octanol–water partition coefficient (Wildman–Crippen LogP) is 0.514. The third kappa shape index (κ3) is 2.13. The van der Waals surface area contributed by atoms with E-state index in [4.69, 9.17) is 12.2 Å². The van der Waals surface area contributed by atoms with Crippen molar-refractivity contribution in [3.8, 4) is 0 Å². The molecule has 3 rings (SSSR count). The van der Waals surface area contributed by atoms with Crippen LogP contribution in [0.3, 0.4) is 0 Å². The number of thiazole rings is 1. The Morgan fingerprint density at radius 3 is 2.80 bits per heavy atom. The Morgan fingerprint density at radius 1 is 1.50 bits per heavy atom. The number of thiocarbonyl (C=S) groups is 1. The van der Waals surface area contributed by atoms with Crippen molar-refractivity contribution in [1.29, 1.82) is 0 Å². The largest absolute Gasteiger partial charge is 0.356 e. The van der Waals surface area contributed by atoms with Crippen molar-refractivity contribution in [3.05, 3.63) is 10.6 Å². The predicted molar refractivity (Wildman–Crippen MR) is 81.3 cm³/mol. The number of sulfone groups is 1. The molecule has 1 aromatic rings. The van der Waals surface area contributed by atoms with E-state index in [1.807, 2.05) is 0 Å². The number of aromatic nitrogens is 1. The van der Waals surface area contributed by atoms with E-state index >= 15 is 0 Å². The van der Waals surface area contributed by atoms with E-state index in [2.05, 4.69) is 10.3 Å². The maximum Gasteiger partial charge on any atom is 0.192 e. The minimum atomic E-state index is -3.04. The zero-order chi connectivity index (χ0) is 14.7. The average molecular weight is 331 g/mol. The summed E-state index contributed by atoms with van der Waals surface area (Å²) in [6, 6.07) is -0.407. The first kappa shape index (κ1) is 13.9. The highest BCUT2D eigenvalue weighted by Crippen LogP contribution is 2.33. The number of Topliss-reactive ketones (excluding diaryl/α,β-unsaturated/α-hetero) is 1. The van der Waals surface area contributed by atoms with Crippen molar-refractivity contribution >= 4 is 49.4 Å². The molecule has 2 aliphatic heterocycles. The van der Waals surface area contributed by atoms with Crippen LogP contribution in [0.1, 0.15) is 22.3 Å². The quantitative estimate of drug-likeness (QED) is 0.625. The van der Waals surface area contributed by atoms with E-state index in [0.717, 1.165) is 0 Å². The van der Waals surface area contributed by atoms with Crippen molar-refractivity contribution in [3.63, 3.8) is 0 Å². The summed E-state index contributed by atoms with van der Waals surface area (Å²) in [4.78, 5) is 18.2. The smallest absolute Gasteiger partial charge is 0.192 e. The fraction of sp³-hybridized carbons (Fsp3) is 0.545. The van der Waals surface area contributed by atoms with Crippen molar-refractivity contribution in [2.75, 3.05) is 16.4 Å². The molecule has 0 spiro atoms. The van der Waals surface area contributed by atoms with E-state index in [1.165, 1.54) is 18.3 Å². The molecule has 0 unspecified atom stereocenters. The average Bonchev–Trinajstić information content (AvgIpc) is 2.88. The van der Waals surface area contributed by atoms with Crippen molar-refractivity contribution in [2.45, 2.75) is 25.9 Å². The van der Waals surface area contributed by atoms with Crippen LogP contribution in [0.4, 0.5) is 5.13 Å². The molecule has 108 valence electrons. The van der Waals surface area contributed by atoms with Gasteiger partial charge in [0.2, 0.25) is 0 Å². The van der Waals surface area contributed by atoms with Gasteiger partial charge in [-0.15, -0.1) is 0 Å². The number of hydrogen-bond donors (Lipinski definition) is 1. The third-order valence-electron chi connectivity index (χ3n) is 3.49. The minimum Gasteiger partial charge on any atom is -0.356 e. The zero-order valence-corrected chi connectivity index (χ0v) is 13.4. The van der Waals surface area contributed by atoms with Gasteiger partial charge in [0.25, 0.3) is 0 Å². The second-order valence-corrected chi connectivity index (χ2v) is 8.56. The fourth-order valence-corrected chi connectivity index (χ4v) is 5.99. The molecule has 2 saturated heterocycles. The van der Waals surface area contributed by atoms with Gasteiger partial charge in [0.05, 0.1) is 34.2 Å². The van der Waals surface area contributed by atoms with Crippen LogP contribution in [0.5, 0.6) is 0 Å². The summed E-state index contributed by atoms with van der Waals surface area (Å²) in [5.41, 5.74) is 0.657. The molecule has 3 heterocycles. The molecule has 2 aliphatic rings. The number of ketones is 1. The van der Waals surface area contributed by atoms with Gasteiger partial charge in [-0.2, -0.15) is 0 Å². The second kappa shape index (κ2) is 4.47. The molecule has 0 bridgehead atoms. The summed E-state index contributed by atoms with van der Waals surface area (Å²) in [6.45, 7) is 3.26. The van der Waals surface area contributed by atoms with Gasteiger partial charge in [0.1, 0.15) is 0 Å². The molecule has 1 N–H and O–H groups in total. The lowest BCUT2D eigenvalue weighted by molar-refractivity contribution is 0.102. The summed E-state index contributed by atoms with van der Waals surface area (Å²) in [5.74, 6) is 0.122. The van der Waals surface area contributed by atoms with Gasteiger partial charge in [0.15, 0.2) is 25.9 Å². The normalized spacial score (nSPS) is 27.5. The molecule has 20 heavy (non-hydrogen) atoms. The lowest BCUT2D eigenvalue weighted by Gasteiger charge is -2.19. The van der Waals surface area contributed by atoms with Crippen LogP contribution in [0, 0.1) is 6.92 Å². The van der Waals surface area contributed by atoms with Gasteiger partial charge in [-0.05, 0) is 19.1 Å². The Morgan fingerprint density at radius 2 is 2.20 bits per heavy atom. The van der Waals surface area contributed by atoms with E-state index in [-0.39, 0.29) is 29.4 Å². The monoisotopic (exact) mass is 331 g/mol. The van der Waals surface area contributed by atoms with Crippen LogP contribution in [-0.2, 0) is 9.84 Å². The number of aryl methyl sites for hydroxylation is 1. The van der Waals surface area contributed by atoms with Crippen LogP contribution < -0.4 is 10.2 Å². The first-order valence-electron chi connectivity index (χ1n) is 6.07. The molecular weight excluding hydrogens is 318 g/mol. The van der Waals surface area contributed by atoms with Gasteiger partial charge in [-0.25, -0.2) is 13.4 Å². The van der Waals surface area contributed by atoms with Crippen LogP contribution in [0.15, 0.2) is 0 Å². The number of hydrogen-bond acceptors (Lipinski definition) is 6. The van der Waals surface area contributed by atoms with Gasteiger partial charge in [-0.3, -0.25) is 9.69 Å². The maximum atomic E-state index is 11.7. The number of anilines is 1. The number of rotatable bonds is 2. The maximum absolute atomic E-state index is 11.7. The van der Waals surface area contributed by atoms with E-state index in [0.29, 0.717) is 20.8 Å². The molecule has 2 atom stereocenters. The third-order valence-corrected chi connectivity index (χ3v) is 6.78. The Hall–Kier alpha value is -1.06. The molecule has 0 aromatic carbocycles. The number of carbonyl (C=O) groups excluding carboxylic acids is 1. The minimum absolute atomic E-state index is 0.0417. The molecule has 1 aromatic heterocycles. The molecule has 0 radical (unpaired) electrons. The number of fused-ring (bicyclic) bond motifs is 1. The summed E-state index contributed by atoms with van der Waals surface area (Å²) in [6.07, 6.45) is 0. The van der Waals surface area contributed by atoms with E-state index < -0.39 is 9.84 Å². The topological polar surface area (TPSA) is 79.4 Å². The number of nitrogens with one attached hydrogen (secondary N) is 1. The Labute approximate surface area is 126 Å². The van der Waals surface area contributed by atoms with Gasteiger partial charge in [-0.1, -0.05) is 11.3 Å². The number of carbonyl (C=O) groups is 1. The summed E-state index contributed by atoms with van der Waals surface area (Å²) in [5, 5.41) is 4.12. The zero-order valence-electron chi connectivity index (χ0n) is 10.9. The van der Waals surface area contributed by atoms with Crippen LogP contribution in [0.25, 0.3) is 0 Å². The van der Waals surface area contributed by atoms with E-state index in [9.17, 15) is 13.2 Å². The van der Waals surface area contributed by atoms with Crippen LogP contribution in [-0.4, -0.2) is 47.9 Å². The Bertz CT molecular complexity index is 710. The lowest BCUT2D eigenvalue weighted by Crippen LogP contribution is -2.36. The highest BCUT2D eigenvalue weighted by Gasteiger charge is 2.48. The first-order valence-corrected chi connectivity index (χ1v) is 9.11. The summed E-state index contributed by atoms with van der Waals surface area (Å²) < 4.78 is 23.5. The summed E-state index contributed by atoms with van der Waals surface area (Å²) >= 11 is 6.53. The first-order chi connectivity index (χ1) is 9.28. The van der Waals surface area contributed by atoms with Crippen LogP contribution in [0.2, 0.25) is 0 Å². The standard InChI is InChI=1S/C11H13N3O3S3/c1-5-9(6(2)15)19-11(12-5)14-8-4-20(16,17)3-7(8)13-10(14)18/h7-8H,3-4H2,1-2H3,(H,13,18)/t7-,8+/m1/s1. The molecule has 0 amide bonds. The summed E-state index contributed by atoms with van der Waals surface area (Å²) in [7, 11) is -3.04. The van der Waals surface area contributed by atoms with Crippen molar-refractivity contribution in [2.24, 2.45) is 0 Å². The highest BCUT2D eigenvalue weighted by molar-refractivity contribution is 7.91. The Balaban J connectivity index is 1.99. The van der Waals surface area contributed by atoms with Crippen molar-refractivity contribution in [1.82, 2.24) is 10.3 Å². The van der Waals surface area contributed by atoms with E-state index in [1.54, 1.807) is 11.8 Å². The molecule has 9 heteroatoms. The second-order valence-electron chi connectivity index (χ2n) is 5.04. The van der Waals surface area contributed by atoms with Crippen LogP contribution >= 0.6 is 23.6 Å². The molecule has 0 saturated carbocycles. The molecule has 0 aliphatic carbocycles. The lowest BCUT2D eigenvalue weighted by atomic mass is 10.2. The fourth-order valence-electron chi connectivity index (χ4n) is 2.64. The van der Waals surface area contributed by atoms with Gasteiger partial charge < -0.3 is 5.32 Å². The number of nitrogens with zero attached hydrogens (tertiary/aromatic N) is 2. The highest BCUT2D eigenvalue weighted by atomic mass is 32.2. The Kier molecular flexibility index (Phi) is 3.11. The SMILES string of the molecule is CC(=O)c1sc(N2C(=S)N[C@@H]3CS(=O)(=O)C[C@@H]32)nc1C. The molecule has 2 fully saturated rings. The van der Waals surface area contributed by atoms with Gasteiger partial charge in [0, 0.05) is 6.92 Å².